The van der Waals surface area contributed by atoms with Crippen LogP contribution in [-0.2, 0) is 31.7 Å². The minimum Gasteiger partial charge on any atom is -0.465 e. The van der Waals surface area contributed by atoms with Crippen molar-refractivity contribution in [2.45, 2.75) is 85.2 Å². The largest absolute Gasteiger partial charge is 0.465 e. The molecule has 0 bridgehead atoms. The van der Waals surface area contributed by atoms with Crippen molar-refractivity contribution in [2.75, 3.05) is 13.7 Å². The average Bonchev–Trinajstić information content (AvgIpc) is 2.90. The van der Waals surface area contributed by atoms with Gasteiger partial charge >= 0.3 is 12.1 Å². The number of hydrogen-bond acceptors (Lipinski definition) is 6. The zero-order chi connectivity index (χ0) is 23.3. The number of carbonyl (C=O) groups excluding carboxylic acids is 2. The van der Waals surface area contributed by atoms with Crippen LogP contribution in [0.1, 0.15) is 52.9 Å². The van der Waals surface area contributed by atoms with Gasteiger partial charge in [0.25, 0.3) is 0 Å². The third-order valence-electron chi connectivity index (χ3n) is 4.99. The summed E-state index contributed by atoms with van der Waals surface area (Å²) in [6.45, 7) is 19.3. The lowest BCUT2D eigenvalue weighted by Gasteiger charge is -2.36. The maximum Gasteiger partial charge on any atom is 0.434 e. The molecule has 0 spiro atoms. The van der Waals surface area contributed by atoms with Gasteiger partial charge in [-0.1, -0.05) is 20.8 Å². The Hall–Kier alpha value is -2.00. The van der Waals surface area contributed by atoms with Crippen LogP contribution >= 0.6 is 0 Å². The molecule has 30 heavy (non-hydrogen) atoms. The lowest BCUT2D eigenvalue weighted by atomic mass is 10.2. The normalized spacial score (nSPS) is 13.3. The van der Waals surface area contributed by atoms with Crippen molar-refractivity contribution in [3.63, 3.8) is 0 Å². The van der Waals surface area contributed by atoms with Crippen molar-refractivity contribution >= 4 is 26.1 Å². The van der Waals surface area contributed by atoms with Crippen molar-refractivity contribution in [1.29, 1.82) is 0 Å². The summed E-state index contributed by atoms with van der Waals surface area (Å²) in [5.41, 5.74) is 0.802. The molecule has 1 heterocycles. The Balaban J connectivity index is 2.89. The molecule has 0 aliphatic rings. The van der Waals surface area contributed by atoms with Crippen LogP contribution in [0.5, 0.6) is 0 Å². The molecule has 8 nitrogen and oxygen atoms in total. The van der Waals surface area contributed by atoms with E-state index in [2.05, 4.69) is 44.0 Å². The first kappa shape index (κ1) is 26.0. The number of methoxy groups -OCH3 is 1. The molecule has 0 N–H and O–H groups in total. The van der Waals surface area contributed by atoms with Gasteiger partial charge in [0, 0.05) is 12.1 Å². The number of aliphatic imine (C=N–C) groups is 1. The molecule has 9 heteroatoms. The van der Waals surface area contributed by atoms with Crippen LogP contribution < -0.4 is 0 Å². The Morgan fingerprint density at radius 2 is 1.77 bits per heavy atom. The van der Waals surface area contributed by atoms with Gasteiger partial charge in [0.05, 0.1) is 26.0 Å². The van der Waals surface area contributed by atoms with E-state index in [0.29, 0.717) is 18.8 Å². The highest BCUT2D eigenvalue weighted by Crippen LogP contribution is 2.36. The van der Waals surface area contributed by atoms with Crippen molar-refractivity contribution in [3.05, 3.63) is 17.5 Å². The molecule has 1 amide bonds. The Morgan fingerprint density at radius 3 is 2.27 bits per heavy atom. The minimum atomic E-state index is -1.83. The second-order valence-corrected chi connectivity index (χ2v) is 14.6. The topological polar surface area (TPSA) is 92.0 Å². The highest BCUT2D eigenvalue weighted by Gasteiger charge is 2.36. The van der Waals surface area contributed by atoms with Gasteiger partial charge in [0.15, 0.2) is 8.32 Å². The van der Waals surface area contributed by atoms with Crippen LogP contribution in [0.25, 0.3) is 0 Å². The molecule has 0 aliphatic heterocycles. The second kappa shape index (κ2) is 9.87. The SMILES string of the molecule is COC(=O)C(Cc1cc(C)n(CCO[Si](C)(C)C(C)(C)C)n1)=NC(=O)OC(C)(C)C. The number of hydrogen-bond donors (Lipinski definition) is 0. The first-order chi connectivity index (χ1) is 13.6. The number of nitrogens with zero attached hydrogens (tertiary/aromatic N) is 3. The van der Waals surface area contributed by atoms with E-state index < -0.39 is 26.0 Å². The predicted octanol–water partition coefficient (Wildman–Crippen LogP) is 4.30. The molecular weight excluding hydrogens is 402 g/mol. The number of rotatable bonds is 7. The van der Waals surface area contributed by atoms with E-state index in [9.17, 15) is 9.59 Å². The van der Waals surface area contributed by atoms with E-state index in [-0.39, 0.29) is 17.2 Å². The van der Waals surface area contributed by atoms with Gasteiger partial charge < -0.3 is 13.9 Å². The Bertz CT molecular complexity index is 786. The van der Waals surface area contributed by atoms with Crippen LogP contribution in [-0.4, -0.2) is 55.2 Å². The van der Waals surface area contributed by atoms with Gasteiger partial charge in [-0.25, -0.2) is 9.59 Å². The van der Waals surface area contributed by atoms with Crippen LogP contribution in [0.3, 0.4) is 0 Å². The number of esters is 1. The quantitative estimate of drug-likeness (QED) is 0.357. The third kappa shape index (κ3) is 8.02. The summed E-state index contributed by atoms with van der Waals surface area (Å²) < 4.78 is 18.0. The van der Waals surface area contributed by atoms with Crippen LogP contribution in [0, 0.1) is 6.92 Å². The summed E-state index contributed by atoms with van der Waals surface area (Å²) in [6, 6.07) is 1.86. The van der Waals surface area contributed by atoms with Crippen molar-refractivity contribution in [1.82, 2.24) is 9.78 Å². The fraction of sp³-hybridized carbons (Fsp3) is 0.714. The Kier molecular flexibility index (Phi) is 8.56. The van der Waals surface area contributed by atoms with E-state index in [0.717, 1.165) is 5.69 Å². The maximum atomic E-state index is 12.1. The number of aryl methyl sites for hydroxylation is 1. The highest BCUT2D eigenvalue weighted by atomic mass is 28.4. The molecule has 0 saturated carbocycles. The molecule has 1 aromatic rings. The summed E-state index contributed by atoms with van der Waals surface area (Å²) in [4.78, 5) is 27.9. The second-order valence-electron chi connectivity index (χ2n) is 9.82. The molecule has 0 saturated heterocycles. The van der Waals surface area contributed by atoms with Crippen molar-refractivity contribution < 1.29 is 23.5 Å². The fourth-order valence-corrected chi connectivity index (χ4v) is 3.37. The highest BCUT2D eigenvalue weighted by molar-refractivity contribution is 6.74. The molecule has 0 radical (unpaired) electrons. The standard InChI is InChI=1S/C21H37N3O5Si/c1-15-13-16(23-24(15)11-12-28-30(9,10)21(5,6)7)14-17(18(25)27-8)22-19(26)29-20(2,3)4/h13H,11-12,14H2,1-10H3. The lowest BCUT2D eigenvalue weighted by Crippen LogP contribution is -2.41. The van der Waals surface area contributed by atoms with Gasteiger partial charge in [0.1, 0.15) is 11.3 Å². The summed E-state index contributed by atoms with van der Waals surface area (Å²) in [6.07, 6.45) is -0.759. The van der Waals surface area contributed by atoms with Gasteiger partial charge in [-0.2, -0.15) is 10.1 Å². The van der Waals surface area contributed by atoms with E-state index in [1.165, 1.54) is 7.11 Å². The minimum absolute atomic E-state index is 0.0473. The first-order valence-corrected chi connectivity index (χ1v) is 13.0. The van der Waals surface area contributed by atoms with Crippen molar-refractivity contribution in [3.8, 4) is 0 Å². The van der Waals surface area contributed by atoms with Gasteiger partial charge in [-0.05, 0) is 51.9 Å². The molecule has 0 fully saturated rings. The van der Waals surface area contributed by atoms with Gasteiger partial charge in [-0.3, -0.25) is 4.68 Å². The summed E-state index contributed by atoms with van der Waals surface area (Å²) in [5.74, 6) is -0.686. The Morgan fingerprint density at radius 1 is 1.17 bits per heavy atom. The molecule has 170 valence electrons. The molecule has 0 unspecified atom stereocenters. The molecule has 0 aromatic carbocycles. The third-order valence-corrected chi connectivity index (χ3v) is 9.53. The predicted molar refractivity (Wildman–Crippen MR) is 120 cm³/mol. The molecule has 1 aromatic heterocycles. The van der Waals surface area contributed by atoms with Crippen LogP contribution in [0.4, 0.5) is 4.79 Å². The smallest absolute Gasteiger partial charge is 0.434 e. The summed E-state index contributed by atoms with van der Waals surface area (Å²) in [7, 11) is -0.581. The van der Waals surface area contributed by atoms with Crippen LogP contribution in [0.15, 0.2) is 11.1 Å². The number of amides is 1. The molecule has 1 rings (SSSR count). The fourth-order valence-electron chi connectivity index (χ4n) is 2.34. The number of aromatic nitrogens is 2. The lowest BCUT2D eigenvalue weighted by molar-refractivity contribution is -0.132. The summed E-state index contributed by atoms with van der Waals surface area (Å²) in [5, 5.41) is 4.68. The van der Waals surface area contributed by atoms with E-state index in [1.54, 1.807) is 20.8 Å². The first-order valence-electron chi connectivity index (χ1n) is 10.1. The molecule has 0 aliphatic carbocycles. The maximum absolute atomic E-state index is 12.1. The number of carbonyl (C=O) groups is 2. The van der Waals surface area contributed by atoms with E-state index >= 15 is 0 Å². The Labute approximate surface area is 181 Å². The van der Waals surface area contributed by atoms with Crippen molar-refractivity contribution in [2.24, 2.45) is 4.99 Å². The van der Waals surface area contributed by atoms with E-state index in [1.807, 2.05) is 17.7 Å². The van der Waals surface area contributed by atoms with Crippen LogP contribution in [0.2, 0.25) is 18.1 Å². The molecule has 0 atom stereocenters. The zero-order valence-electron chi connectivity index (χ0n) is 20.1. The van der Waals surface area contributed by atoms with Gasteiger partial charge in [0.2, 0.25) is 0 Å². The average molecular weight is 440 g/mol. The van der Waals surface area contributed by atoms with E-state index in [4.69, 9.17) is 13.9 Å². The zero-order valence-corrected chi connectivity index (χ0v) is 21.1. The molecular formula is C21H37N3O5Si. The number of ether oxygens (including phenoxy) is 2. The monoisotopic (exact) mass is 439 g/mol. The summed E-state index contributed by atoms with van der Waals surface area (Å²) >= 11 is 0. The van der Waals surface area contributed by atoms with Gasteiger partial charge in [-0.15, -0.1) is 0 Å².